The van der Waals surface area contributed by atoms with Crippen LogP contribution in [0.15, 0.2) is 24.3 Å². The molecule has 1 rings (SSSR count). The van der Waals surface area contributed by atoms with Gasteiger partial charge in [-0.25, -0.2) is 0 Å². The summed E-state index contributed by atoms with van der Waals surface area (Å²) in [5.74, 6) is -0.585. The van der Waals surface area contributed by atoms with Crippen LogP contribution in [-0.2, 0) is 4.79 Å². The van der Waals surface area contributed by atoms with E-state index >= 15 is 0 Å². The van der Waals surface area contributed by atoms with Crippen molar-refractivity contribution < 1.29 is 27.8 Å². The van der Waals surface area contributed by atoms with Crippen molar-refractivity contribution in [3.63, 3.8) is 0 Å². The topological polar surface area (TPSA) is 49.8 Å². The number of carbonyl (C=O) groups is 1. The lowest BCUT2D eigenvalue weighted by Crippen LogP contribution is -2.42. The van der Waals surface area contributed by atoms with Crippen LogP contribution >= 0.6 is 11.6 Å². The Bertz CT molecular complexity index is 454. The fraction of sp³-hybridized carbons (Fsp3) is 0.417. The summed E-state index contributed by atoms with van der Waals surface area (Å²) < 4.78 is 41.9. The second kappa shape index (κ2) is 7.35. The smallest absolute Gasteiger partial charge is 0.406 e. The molecular weight excluding hydrogens is 299 g/mol. The Morgan fingerprint density at radius 1 is 1.40 bits per heavy atom. The Balaban J connectivity index is 2.58. The Morgan fingerprint density at radius 2 is 2.10 bits per heavy atom. The molecule has 0 fully saturated rings. The maximum Gasteiger partial charge on any atom is 0.406 e. The average Bonchev–Trinajstić information content (AvgIpc) is 2.34. The summed E-state index contributed by atoms with van der Waals surface area (Å²) in [7, 11) is 0. The molecule has 0 atom stereocenters. The maximum absolute atomic E-state index is 12.3. The summed E-state index contributed by atoms with van der Waals surface area (Å²) in [6.07, 6.45) is -4.53. The fourth-order valence-corrected chi connectivity index (χ4v) is 1.60. The van der Waals surface area contributed by atoms with Gasteiger partial charge in [0.15, 0.2) is 6.61 Å². The third-order valence-electron chi connectivity index (χ3n) is 2.25. The molecule has 0 aliphatic rings. The molecule has 0 bridgehead atoms. The van der Waals surface area contributed by atoms with E-state index in [1.165, 1.54) is 12.1 Å². The van der Waals surface area contributed by atoms with Gasteiger partial charge >= 0.3 is 6.18 Å². The van der Waals surface area contributed by atoms with Gasteiger partial charge in [0.05, 0.1) is 6.61 Å². The maximum atomic E-state index is 12.3. The van der Waals surface area contributed by atoms with Gasteiger partial charge in [-0.05, 0) is 18.2 Å². The van der Waals surface area contributed by atoms with E-state index in [1.807, 2.05) is 0 Å². The monoisotopic (exact) mass is 311 g/mol. The van der Waals surface area contributed by atoms with Gasteiger partial charge in [0.1, 0.15) is 12.3 Å². The number of rotatable bonds is 6. The molecule has 20 heavy (non-hydrogen) atoms. The molecule has 1 aromatic rings. The van der Waals surface area contributed by atoms with Crippen molar-refractivity contribution >= 4 is 17.5 Å². The number of hydrogen-bond acceptors (Lipinski definition) is 3. The van der Waals surface area contributed by atoms with Crippen LogP contribution in [0.25, 0.3) is 0 Å². The molecule has 0 saturated carbocycles. The lowest BCUT2D eigenvalue weighted by Gasteiger charge is -2.23. The number of benzene rings is 1. The highest BCUT2D eigenvalue weighted by molar-refractivity contribution is 6.30. The standard InChI is InChI=1S/C12H13ClF3NO3/c13-9-2-1-3-10(6-9)20-7-11(19)17(4-5-18)8-12(14,15)16/h1-3,6,18H,4-5,7-8H2. The highest BCUT2D eigenvalue weighted by Crippen LogP contribution is 2.18. The lowest BCUT2D eigenvalue weighted by atomic mass is 10.3. The summed E-state index contributed by atoms with van der Waals surface area (Å²) >= 11 is 5.70. The molecule has 8 heteroatoms. The minimum atomic E-state index is -4.53. The molecule has 4 nitrogen and oxygen atoms in total. The summed E-state index contributed by atoms with van der Waals surface area (Å²) in [6.45, 7) is -2.95. The minimum absolute atomic E-state index is 0.279. The largest absolute Gasteiger partial charge is 0.484 e. The number of carbonyl (C=O) groups excluding carboxylic acids is 1. The quantitative estimate of drug-likeness (QED) is 0.875. The van der Waals surface area contributed by atoms with Crippen LogP contribution in [0.2, 0.25) is 5.02 Å². The Kier molecular flexibility index (Phi) is 6.09. The summed E-state index contributed by atoms with van der Waals surface area (Å²) in [5.41, 5.74) is 0. The number of alkyl halides is 3. The molecule has 112 valence electrons. The van der Waals surface area contributed by atoms with Crippen LogP contribution in [0.4, 0.5) is 13.2 Å². The molecule has 0 spiro atoms. The van der Waals surface area contributed by atoms with Gasteiger partial charge < -0.3 is 14.7 Å². The van der Waals surface area contributed by atoms with Crippen LogP contribution in [0.5, 0.6) is 5.75 Å². The first-order valence-corrected chi connectivity index (χ1v) is 6.03. The highest BCUT2D eigenvalue weighted by Gasteiger charge is 2.32. The van der Waals surface area contributed by atoms with Crippen molar-refractivity contribution in [3.8, 4) is 5.75 Å². The Labute approximate surface area is 118 Å². The molecule has 0 aliphatic carbocycles. The molecule has 0 radical (unpaired) electrons. The Hall–Kier alpha value is -1.47. The third-order valence-corrected chi connectivity index (χ3v) is 2.49. The predicted molar refractivity (Wildman–Crippen MR) is 66.7 cm³/mol. The van der Waals surface area contributed by atoms with Crippen LogP contribution in [0.1, 0.15) is 0 Å². The number of amides is 1. The number of halogens is 4. The molecular formula is C12H13ClF3NO3. The lowest BCUT2D eigenvalue weighted by molar-refractivity contribution is -0.163. The van der Waals surface area contributed by atoms with E-state index in [0.29, 0.717) is 9.92 Å². The summed E-state index contributed by atoms with van der Waals surface area (Å²) in [4.78, 5) is 12.1. The van der Waals surface area contributed by atoms with Crippen molar-refractivity contribution in [2.45, 2.75) is 6.18 Å². The zero-order chi connectivity index (χ0) is 15.2. The highest BCUT2D eigenvalue weighted by atomic mass is 35.5. The molecule has 0 saturated heterocycles. The molecule has 1 amide bonds. The molecule has 0 unspecified atom stereocenters. The van der Waals surface area contributed by atoms with Crippen molar-refractivity contribution in [2.75, 3.05) is 26.3 Å². The number of ether oxygens (including phenoxy) is 1. The molecule has 0 aliphatic heterocycles. The van der Waals surface area contributed by atoms with E-state index in [2.05, 4.69) is 0 Å². The SMILES string of the molecule is O=C(COc1cccc(Cl)c1)N(CCO)CC(F)(F)F. The van der Waals surface area contributed by atoms with E-state index in [4.69, 9.17) is 21.4 Å². The predicted octanol–water partition coefficient (Wildman–Crippen LogP) is 2.10. The first kappa shape index (κ1) is 16.6. The van der Waals surface area contributed by atoms with Gasteiger partial charge in [0, 0.05) is 11.6 Å². The van der Waals surface area contributed by atoms with Crippen LogP contribution < -0.4 is 4.74 Å². The number of aliphatic hydroxyl groups is 1. The zero-order valence-corrected chi connectivity index (χ0v) is 11.1. The van der Waals surface area contributed by atoms with Gasteiger partial charge in [0.2, 0.25) is 0 Å². The normalized spacial score (nSPS) is 11.2. The summed E-state index contributed by atoms with van der Waals surface area (Å²) in [6, 6.07) is 6.15. The first-order valence-electron chi connectivity index (χ1n) is 5.65. The van der Waals surface area contributed by atoms with E-state index in [1.54, 1.807) is 12.1 Å². The number of aliphatic hydroxyl groups excluding tert-OH is 1. The van der Waals surface area contributed by atoms with E-state index < -0.39 is 38.4 Å². The zero-order valence-electron chi connectivity index (χ0n) is 10.4. The van der Waals surface area contributed by atoms with E-state index in [0.717, 1.165) is 0 Å². The van der Waals surface area contributed by atoms with Crippen molar-refractivity contribution in [1.82, 2.24) is 4.90 Å². The van der Waals surface area contributed by atoms with Gasteiger partial charge in [-0.2, -0.15) is 13.2 Å². The van der Waals surface area contributed by atoms with Crippen LogP contribution in [-0.4, -0.2) is 48.4 Å². The average molecular weight is 312 g/mol. The van der Waals surface area contributed by atoms with Crippen LogP contribution in [0, 0.1) is 0 Å². The van der Waals surface area contributed by atoms with Gasteiger partial charge in [-0.3, -0.25) is 4.79 Å². The van der Waals surface area contributed by atoms with Crippen LogP contribution in [0.3, 0.4) is 0 Å². The van der Waals surface area contributed by atoms with Gasteiger partial charge in [0.25, 0.3) is 5.91 Å². The summed E-state index contributed by atoms with van der Waals surface area (Å²) in [5, 5.41) is 9.07. The van der Waals surface area contributed by atoms with Crippen molar-refractivity contribution in [2.24, 2.45) is 0 Å². The second-order valence-electron chi connectivity index (χ2n) is 3.90. The molecule has 0 aromatic heterocycles. The fourth-order valence-electron chi connectivity index (χ4n) is 1.42. The van der Waals surface area contributed by atoms with Crippen molar-refractivity contribution in [3.05, 3.63) is 29.3 Å². The van der Waals surface area contributed by atoms with E-state index in [9.17, 15) is 18.0 Å². The van der Waals surface area contributed by atoms with Gasteiger partial charge in [-0.1, -0.05) is 17.7 Å². The molecule has 1 N–H and O–H groups in total. The third kappa shape index (κ3) is 6.12. The first-order chi connectivity index (χ1) is 9.31. The second-order valence-corrected chi connectivity index (χ2v) is 4.34. The van der Waals surface area contributed by atoms with E-state index in [-0.39, 0.29) is 5.75 Å². The molecule has 0 heterocycles. The van der Waals surface area contributed by atoms with Gasteiger partial charge in [-0.15, -0.1) is 0 Å². The number of nitrogens with zero attached hydrogens (tertiary/aromatic N) is 1. The minimum Gasteiger partial charge on any atom is -0.484 e. The Morgan fingerprint density at radius 3 is 2.65 bits per heavy atom. The molecule has 1 aromatic carbocycles. The number of hydrogen-bond donors (Lipinski definition) is 1. The van der Waals surface area contributed by atoms with Crippen molar-refractivity contribution in [1.29, 1.82) is 0 Å².